The molecule has 1 fully saturated rings. The Morgan fingerprint density at radius 3 is 2.43 bits per heavy atom. The molecule has 0 spiro atoms. The lowest BCUT2D eigenvalue weighted by molar-refractivity contribution is -0.130. The molecule has 0 aromatic heterocycles. The van der Waals surface area contributed by atoms with E-state index in [1.54, 1.807) is 36.3 Å². The molecule has 0 aliphatic carbocycles. The van der Waals surface area contributed by atoms with Gasteiger partial charge in [0, 0.05) is 23.8 Å². The van der Waals surface area contributed by atoms with Gasteiger partial charge >= 0.3 is 0 Å². The van der Waals surface area contributed by atoms with Gasteiger partial charge in [-0.15, -0.1) is 0 Å². The maximum atomic E-state index is 12.9. The lowest BCUT2D eigenvalue weighted by Crippen LogP contribution is -2.39. The van der Waals surface area contributed by atoms with E-state index in [9.17, 15) is 9.59 Å². The number of benzene rings is 2. The summed E-state index contributed by atoms with van der Waals surface area (Å²) >= 11 is 11.4. The molecular weight excluding hydrogens is 422 g/mol. The number of anilines is 1. The van der Waals surface area contributed by atoms with Gasteiger partial charge in [-0.3, -0.25) is 14.5 Å². The third kappa shape index (κ3) is 5.09. The van der Waals surface area contributed by atoms with Crippen molar-refractivity contribution in [1.82, 2.24) is 9.80 Å². The smallest absolute Gasteiger partial charge is 0.252 e. The van der Waals surface area contributed by atoms with Crippen LogP contribution in [0.15, 0.2) is 48.5 Å². The summed E-state index contributed by atoms with van der Waals surface area (Å²) in [5.41, 5.74) is 1.74. The minimum absolute atomic E-state index is 0.0285. The van der Waals surface area contributed by atoms with E-state index >= 15 is 0 Å². The van der Waals surface area contributed by atoms with Crippen molar-refractivity contribution in [2.24, 2.45) is 0 Å². The van der Waals surface area contributed by atoms with Crippen molar-refractivity contribution < 1.29 is 14.3 Å². The highest BCUT2D eigenvalue weighted by Gasteiger charge is 2.42. The first-order valence-corrected chi connectivity index (χ1v) is 10.5. The summed E-state index contributed by atoms with van der Waals surface area (Å²) in [6, 6.07) is 14.0. The van der Waals surface area contributed by atoms with Crippen LogP contribution in [0.3, 0.4) is 0 Å². The number of halogens is 1. The molecule has 1 atom stereocenters. The van der Waals surface area contributed by atoms with Crippen molar-refractivity contribution in [2.45, 2.75) is 25.8 Å². The molecule has 1 N–H and O–H groups in total. The van der Waals surface area contributed by atoms with E-state index in [0.29, 0.717) is 35.3 Å². The first-order valence-electron chi connectivity index (χ1n) is 9.73. The third-order valence-corrected chi connectivity index (χ3v) is 5.73. The normalized spacial score (nSPS) is 16.2. The average Bonchev–Trinajstić information content (AvgIpc) is 2.97. The monoisotopic (exact) mass is 445 g/mol. The Balaban J connectivity index is 1.68. The zero-order valence-corrected chi connectivity index (χ0v) is 18.5. The molecule has 0 bridgehead atoms. The summed E-state index contributed by atoms with van der Waals surface area (Å²) in [4.78, 5) is 28.9. The minimum Gasteiger partial charge on any atom is -0.497 e. The number of rotatable bonds is 8. The van der Waals surface area contributed by atoms with Crippen molar-refractivity contribution in [3.05, 3.63) is 59.1 Å². The summed E-state index contributed by atoms with van der Waals surface area (Å²) < 4.78 is 5.19. The molecule has 2 amide bonds. The predicted molar refractivity (Wildman–Crippen MR) is 122 cm³/mol. The van der Waals surface area contributed by atoms with E-state index in [4.69, 9.17) is 28.6 Å². The largest absolute Gasteiger partial charge is 0.497 e. The Labute approximate surface area is 186 Å². The quantitative estimate of drug-likeness (QED) is 0.627. The van der Waals surface area contributed by atoms with Crippen LogP contribution in [0.2, 0.25) is 5.02 Å². The zero-order chi connectivity index (χ0) is 21.7. The number of carbonyl (C=O) groups is 2. The number of nitrogens with zero attached hydrogens (tertiary/aromatic N) is 2. The molecule has 0 saturated carbocycles. The molecule has 1 aliphatic heterocycles. The number of methoxy groups -OCH3 is 1. The first-order chi connectivity index (χ1) is 14.4. The van der Waals surface area contributed by atoms with Crippen LogP contribution in [0.4, 0.5) is 5.69 Å². The van der Waals surface area contributed by atoms with E-state index in [1.165, 1.54) is 0 Å². The SMILES string of the molecule is CCN1C(=O)[C@H](CC(=O)Nc2ccc(Cl)cc2)N(CCc2ccc(OC)cc2)C1=S. The molecule has 2 aromatic carbocycles. The Kier molecular flexibility index (Phi) is 7.29. The number of hydrogen-bond donors (Lipinski definition) is 1. The van der Waals surface area contributed by atoms with Crippen LogP contribution >= 0.6 is 23.8 Å². The summed E-state index contributed by atoms with van der Waals surface area (Å²) in [5, 5.41) is 3.88. The summed E-state index contributed by atoms with van der Waals surface area (Å²) in [7, 11) is 1.63. The summed E-state index contributed by atoms with van der Waals surface area (Å²) in [6.07, 6.45) is 0.727. The fourth-order valence-corrected chi connectivity index (χ4v) is 3.96. The molecule has 3 rings (SSSR count). The van der Waals surface area contributed by atoms with Crippen molar-refractivity contribution >= 4 is 46.4 Å². The highest BCUT2D eigenvalue weighted by Crippen LogP contribution is 2.23. The van der Waals surface area contributed by atoms with Gasteiger partial charge in [-0.2, -0.15) is 0 Å². The number of carbonyl (C=O) groups excluding carboxylic acids is 2. The molecule has 1 aliphatic rings. The van der Waals surface area contributed by atoms with Crippen LogP contribution in [0, 0.1) is 0 Å². The van der Waals surface area contributed by atoms with Gasteiger partial charge in [0.15, 0.2) is 5.11 Å². The fourth-order valence-electron chi connectivity index (χ4n) is 3.40. The maximum Gasteiger partial charge on any atom is 0.252 e. The second-order valence-corrected chi connectivity index (χ2v) is 7.73. The Bertz CT molecular complexity index is 918. The minimum atomic E-state index is -0.608. The molecule has 0 unspecified atom stereocenters. The highest BCUT2D eigenvalue weighted by molar-refractivity contribution is 7.80. The highest BCUT2D eigenvalue weighted by atomic mass is 35.5. The van der Waals surface area contributed by atoms with Gasteiger partial charge in [0.25, 0.3) is 5.91 Å². The molecular formula is C22H24ClN3O3S. The lowest BCUT2D eigenvalue weighted by atomic mass is 10.1. The molecule has 2 aromatic rings. The topological polar surface area (TPSA) is 61.9 Å². The molecule has 158 valence electrons. The molecule has 1 heterocycles. The van der Waals surface area contributed by atoms with E-state index in [-0.39, 0.29) is 18.2 Å². The van der Waals surface area contributed by atoms with Crippen LogP contribution in [-0.4, -0.2) is 53.0 Å². The van der Waals surface area contributed by atoms with Gasteiger partial charge in [-0.1, -0.05) is 23.7 Å². The van der Waals surface area contributed by atoms with Gasteiger partial charge < -0.3 is 15.0 Å². The number of amides is 2. The first kappa shape index (κ1) is 22.1. The number of nitrogens with one attached hydrogen (secondary N) is 1. The molecule has 6 nitrogen and oxygen atoms in total. The zero-order valence-electron chi connectivity index (χ0n) is 16.9. The van der Waals surface area contributed by atoms with Crippen LogP contribution in [0.5, 0.6) is 5.75 Å². The average molecular weight is 446 g/mol. The second kappa shape index (κ2) is 9.91. The Morgan fingerprint density at radius 1 is 1.17 bits per heavy atom. The summed E-state index contributed by atoms with van der Waals surface area (Å²) in [5.74, 6) is 0.411. The van der Waals surface area contributed by atoms with Crippen LogP contribution in [0.1, 0.15) is 18.9 Å². The number of likely N-dealkylation sites (N-methyl/N-ethyl adjacent to an activating group) is 1. The molecule has 0 radical (unpaired) electrons. The summed E-state index contributed by atoms with van der Waals surface area (Å²) in [6.45, 7) is 2.90. The Hall–Kier alpha value is -2.64. The van der Waals surface area contributed by atoms with Crippen molar-refractivity contribution in [3.63, 3.8) is 0 Å². The maximum absolute atomic E-state index is 12.9. The lowest BCUT2D eigenvalue weighted by Gasteiger charge is -2.23. The molecule has 8 heteroatoms. The second-order valence-electron chi connectivity index (χ2n) is 6.93. The van der Waals surface area contributed by atoms with Crippen molar-refractivity contribution in [1.29, 1.82) is 0 Å². The number of thiocarbonyl (C=S) groups is 1. The van der Waals surface area contributed by atoms with E-state index in [0.717, 1.165) is 11.3 Å². The van der Waals surface area contributed by atoms with Gasteiger partial charge in [0.05, 0.1) is 13.5 Å². The van der Waals surface area contributed by atoms with E-state index < -0.39 is 6.04 Å². The third-order valence-electron chi connectivity index (χ3n) is 5.03. The van der Waals surface area contributed by atoms with Crippen LogP contribution in [-0.2, 0) is 16.0 Å². The van der Waals surface area contributed by atoms with Gasteiger partial charge in [-0.25, -0.2) is 0 Å². The standard InChI is InChI=1S/C22H24ClN3O3S/c1-3-25-21(28)19(14-20(27)24-17-8-6-16(23)7-9-17)26(22(25)30)13-12-15-4-10-18(29-2)11-5-15/h4-11,19H,3,12-14H2,1-2H3,(H,24,27)/t19-/m0/s1. The number of hydrogen-bond acceptors (Lipinski definition) is 4. The van der Waals surface area contributed by atoms with E-state index in [2.05, 4.69) is 5.32 Å². The predicted octanol–water partition coefficient (Wildman–Crippen LogP) is 3.74. The fraction of sp³-hybridized carbons (Fsp3) is 0.318. The molecule has 30 heavy (non-hydrogen) atoms. The van der Waals surface area contributed by atoms with Crippen LogP contribution in [0.25, 0.3) is 0 Å². The Morgan fingerprint density at radius 2 is 1.83 bits per heavy atom. The van der Waals surface area contributed by atoms with Crippen molar-refractivity contribution in [3.8, 4) is 5.75 Å². The van der Waals surface area contributed by atoms with E-state index in [1.807, 2.05) is 36.1 Å². The van der Waals surface area contributed by atoms with Gasteiger partial charge in [0.2, 0.25) is 5.91 Å². The van der Waals surface area contributed by atoms with Crippen LogP contribution < -0.4 is 10.1 Å². The molecule has 1 saturated heterocycles. The van der Waals surface area contributed by atoms with Crippen molar-refractivity contribution in [2.75, 3.05) is 25.5 Å². The van der Waals surface area contributed by atoms with Gasteiger partial charge in [0.1, 0.15) is 11.8 Å². The number of ether oxygens (including phenoxy) is 1. The van der Waals surface area contributed by atoms with Gasteiger partial charge in [-0.05, 0) is 67.5 Å².